The molecule has 1 saturated heterocycles. The van der Waals surface area contributed by atoms with Crippen molar-refractivity contribution < 1.29 is 9.90 Å². The zero-order valence-electron chi connectivity index (χ0n) is 8.89. The molecule has 0 radical (unpaired) electrons. The molecule has 1 aliphatic heterocycles. The minimum absolute atomic E-state index is 0.0880. The fourth-order valence-electron chi connectivity index (χ4n) is 3.18. The molecule has 86 valence electrons. The van der Waals surface area contributed by atoms with E-state index >= 15 is 0 Å². The largest absolute Gasteiger partial charge is 0.481 e. The predicted octanol–water partition coefficient (Wildman–Crippen LogP) is 1.43. The van der Waals surface area contributed by atoms with Crippen molar-refractivity contribution >= 4 is 17.7 Å². The first-order valence-electron chi connectivity index (χ1n) is 5.73. The molecule has 1 saturated carbocycles. The van der Waals surface area contributed by atoms with E-state index in [1.54, 1.807) is 0 Å². The van der Waals surface area contributed by atoms with Gasteiger partial charge in [0.25, 0.3) is 0 Å². The molecule has 4 heteroatoms. The van der Waals surface area contributed by atoms with Gasteiger partial charge in [-0.2, -0.15) is 11.8 Å². The van der Waals surface area contributed by atoms with Crippen molar-refractivity contribution in [2.75, 3.05) is 18.1 Å². The zero-order valence-corrected chi connectivity index (χ0v) is 9.71. The molecular formula is C11H19NO2S. The van der Waals surface area contributed by atoms with E-state index in [0.29, 0.717) is 17.8 Å². The average Bonchev–Trinajstić information content (AvgIpc) is 2.17. The van der Waals surface area contributed by atoms with Gasteiger partial charge < -0.3 is 10.8 Å². The second-order valence-electron chi connectivity index (χ2n) is 4.81. The molecule has 0 amide bonds. The molecule has 2 bridgehead atoms. The number of carboxylic acids is 1. The van der Waals surface area contributed by atoms with Crippen LogP contribution < -0.4 is 5.73 Å². The lowest BCUT2D eigenvalue weighted by atomic mass is 9.67. The molecule has 0 aromatic heterocycles. The number of fused-ring (bicyclic) bond motifs is 2. The molecular weight excluding hydrogens is 210 g/mol. The second kappa shape index (κ2) is 4.74. The highest BCUT2D eigenvalue weighted by Gasteiger charge is 2.42. The van der Waals surface area contributed by atoms with Gasteiger partial charge >= 0.3 is 5.97 Å². The van der Waals surface area contributed by atoms with Gasteiger partial charge in [0.1, 0.15) is 0 Å². The third-order valence-corrected chi connectivity index (χ3v) is 5.23. The number of carbonyl (C=O) groups is 1. The Balaban J connectivity index is 2.04. The standard InChI is InChI=1S/C11H19NO2S/c12-2-1-10-8-3-7(11(13)14)4-9(10)6-15-5-8/h7-10H,1-6,12H2,(H,13,14). The van der Waals surface area contributed by atoms with E-state index in [-0.39, 0.29) is 5.92 Å². The Hall–Kier alpha value is -0.220. The molecule has 0 spiro atoms. The summed E-state index contributed by atoms with van der Waals surface area (Å²) in [5.41, 5.74) is 5.63. The Morgan fingerprint density at radius 2 is 1.93 bits per heavy atom. The van der Waals surface area contributed by atoms with E-state index in [0.717, 1.165) is 37.3 Å². The fraction of sp³-hybridized carbons (Fsp3) is 0.909. The first kappa shape index (κ1) is 11.3. The summed E-state index contributed by atoms with van der Waals surface area (Å²) in [5, 5.41) is 9.08. The molecule has 0 aromatic rings. The van der Waals surface area contributed by atoms with Crippen LogP contribution in [0.15, 0.2) is 0 Å². The van der Waals surface area contributed by atoms with E-state index in [4.69, 9.17) is 10.8 Å². The predicted molar refractivity (Wildman–Crippen MR) is 61.8 cm³/mol. The van der Waals surface area contributed by atoms with E-state index < -0.39 is 5.97 Å². The van der Waals surface area contributed by atoms with Crippen molar-refractivity contribution in [3.8, 4) is 0 Å². The Labute approximate surface area is 94.8 Å². The smallest absolute Gasteiger partial charge is 0.306 e. The van der Waals surface area contributed by atoms with Crippen molar-refractivity contribution in [1.82, 2.24) is 0 Å². The summed E-state index contributed by atoms with van der Waals surface area (Å²) < 4.78 is 0. The first-order valence-corrected chi connectivity index (χ1v) is 6.88. The highest BCUT2D eigenvalue weighted by molar-refractivity contribution is 7.99. The van der Waals surface area contributed by atoms with Gasteiger partial charge in [-0.1, -0.05) is 0 Å². The number of thioether (sulfide) groups is 1. The lowest BCUT2D eigenvalue weighted by molar-refractivity contribution is -0.144. The van der Waals surface area contributed by atoms with Crippen molar-refractivity contribution in [3.05, 3.63) is 0 Å². The minimum Gasteiger partial charge on any atom is -0.481 e. The van der Waals surface area contributed by atoms with E-state index in [9.17, 15) is 4.79 Å². The Morgan fingerprint density at radius 1 is 1.33 bits per heavy atom. The van der Waals surface area contributed by atoms with Gasteiger partial charge in [-0.05, 0) is 55.1 Å². The summed E-state index contributed by atoms with van der Waals surface area (Å²) in [6.07, 6.45) is 2.84. The van der Waals surface area contributed by atoms with Gasteiger partial charge in [0.2, 0.25) is 0 Å². The molecule has 1 heterocycles. The molecule has 3 nitrogen and oxygen atoms in total. The Bertz CT molecular complexity index is 233. The molecule has 0 aromatic carbocycles. The number of aliphatic carboxylic acids is 1. The molecule has 2 rings (SSSR count). The van der Waals surface area contributed by atoms with Crippen molar-refractivity contribution in [3.63, 3.8) is 0 Å². The van der Waals surface area contributed by atoms with Crippen LogP contribution in [0, 0.1) is 23.7 Å². The van der Waals surface area contributed by atoms with Crippen LogP contribution in [0.1, 0.15) is 19.3 Å². The van der Waals surface area contributed by atoms with Gasteiger partial charge in [-0.15, -0.1) is 0 Å². The second-order valence-corrected chi connectivity index (χ2v) is 5.88. The average molecular weight is 229 g/mol. The van der Waals surface area contributed by atoms with Crippen LogP contribution in [0.25, 0.3) is 0 Å². The summed E-state index contributed by atoms with van der Waals surface area (Å²) in [7, 11) is 0. The molecule has 2 aliphatic rings. The Kier molecular flexibility index (Phi) is 3.57. The normalized spacial score (nSPS) is 40.1. The molecule has 2 atom stereocenters. The summed E-state index contributed by atoms with van der Waals surface area (Å²) in [4.78, 5) is 11.0. The summed E-state index contributed by atoms with van der Waals surface area (Å²) in [6, 6.07) is 0. The van der Waals surface area contributed by atoms with Gasteiger partial charge in [-0.3, -0.25) is 4.79 Å². The van der Waals surface area contributed by atoms with Crippen LogP contribution in [0.2, 0.25) is 0 Å². The summed E-state index contributed by atoms with van der Waals surface area (Å²) in [6.45, 7) is 0.750. The van der Waals surface area contributed by atoms with E-state index in [1.165, 1.54) is 0 Å². The third kappa shape index (κ3) is 2.31. The number of hydrogen-bond donors (Lipinski definition) is 2. The van der Waals surface area contributed by atoms with Gasteiger partial charge in [0.05, 0.1) is 5.92 Å². The van der Waals surface area contributed by atoms with Crippen molar-refractivity contribution in [2.45, 2.75) is 19.3 Å². The summed E-state index contributed by atoms with van der Waals surface area (Å²) >= 11 is 2.00. The van der Waals surface area contributed by atoms with Crippen LogP contribution in [0.4, 0.5) is 0 Å². The first-order chi connectivity index (χ1) is 7.22. The van der Waals surface area contributed by atoms with Crippen molar-refractivity contribution in [2.24, 2.45) is 29.4 Å². The molecule has 15 heavy (non-hydrogen) atoms. The maximum atomic E-state index is 11.0. The fourth-order valence-corrected chi connectivity index (χ4v) is 4.69. The third-order valence-electron chi connectivity index (χ3n) is 3.90. The molecule has 2 fully saturated rings. The number of rotatable bonds is 3. The number of hydrogen-bond acceptors (Lipinski definition) is 3. The highest BCUT2D eigenvalue weighted by atomic mass is 32.2. The van der Waals surface area contributed by atoms with Gasteiger partial charge in [0, 0.05) is 0 Å². The monoisotopic (exact) mass is 229 g/mol. The van der Waals surface area contributed by atoms with Crippen LogP contribution in [0.3, 0.4) is 0 Å². The van der Waals surface area contributed by atoms with E-state index in [1.807, 2.05) is 11.8 Å². The quantitative estimate of drug-likeness (QED) is 0.768. The Morgan fingerprint density at radius 3 is 2.40 bits per heavy atom. The molecule has 3 N–H and O–H groups in total. The van der Waals surface area contributed by atoms with Crippen LogP contribution >= 0.6 is 11.8 Å². The summed E-state index contributed by atoms with van der Waals surface area (Å²) in [5.74, 6) is 3.51. The SMILES string of the molecule is NCCC1C2CSCC1CC(C(=O)O)C2. The van der Waals surface area contributed by atoms with E-state index in [2.05, 4.69) is 0 Å². The topological polar surface area (TPSA) is 63.3 Å². The molecule has 2 unspecified atom stereocenters. The minimum atomic E-state index is -0.594. The highest BCUT2D eigenvalue weighted by Crippen LogP contribution is 2.46. The lowest BCUT2D eigenvalue weighted by Crippen LogP contribution is -2.41. The molecule has 1 aliphatic carbocycles. The zero-order chi connectivity index (χ0) is 10.8. The lowest BCUT2D eigenvalue weighted by Gasteiger charge is -2.44. The van der Waals surface area contributed by atoms with Crippen LogP contribution in [-0.2, 0) is 4.79 Å². The van der Waals surface area contributed by atoms with Gasteiger partial charge in [-0.25, -0.2) is 0 Å². The maximum Gasteiger partial charge on any atom is 0.306 e. The number of carboxylic acid groups (broad SMARTS) is 1. The van der Waals surface area contributed by atoms with Crippen molar-refractivity contribution in [1.29, 1.82) is 0 Å². The van der Waals surface area contributed by atoms with Gasteiger partial charge in [0.15, 0.2) is 0 Å². The van der Waals surface area contributed by atoms with Crippen LogP contribution in [-0.4, -0.2) is 29.1 Å². The van der Waals surface area contributed by atoms with Crippen LogP contribution in [0.5, 0.6) is 0 Å². The number of nitrogens with two attached hydrogens (primary N) is 1. The maximum absolute atomic E-state index is 11.0.